The molecule has 1 amide bonds. The van der Waals surface area contributed by atoms with Gasteiger partial charge in [0, 0.05) is 25.7 Å². The Hall–Kier alpha value is -2.70. The summed E-state index contributed by atoms with van der Waals surface area (Å²) in [6.45, 7) is 8.07. The molecule has 7 nitrogen and oxygen atoms in total. The van der Waals surface area contributed by atoms with Gasteiger partial charge in [-0.05, 0) is 25.0 Å². The van der Waals surface area contributed by atoms with E-state index in [1.54, 1.807) is 0 Å². The first-order valence-electron chi connectivity index (χ1n) is 8.31. The van der Waals surface area contributed by atoms with Crippen LogP contribution in [0.4, 0.5) is 17.6 Å². The van der Waals surface area contributed by atoms with Gasteiger partial charge in [-0.3, -0.25) is 4.79 Å². The highest BCUT2D eigenvalue weighted by Crippen LogP contribution is 2.19. The third-order valence-electron chi connectivity index (χ3n) is 3.71. The van der Waals surface area contributed by atoms with E-state index in [0.717, 1.165) is 16.8 Å². The number of carbonyl (C=O) groups excluding carboxylic acids is 1. The molecule has 1 heterocycles. The Kier molecular flexibility index (Phi) is 5.90. The number of benzene rings is 1. The quantitative estimate of drug-likeness (QED) is 0.840. The number of aryl methyl sites for hydroxylation is 2. The van der Waals surface area contributed by atoms with Crippen LogP contribution in [0.25, 0.3) is 0 Å². The van der Waals surface area contributed by atoms with Gasteiger partial charge in [0.1, 0.15) is 5.82 Å². The van der Waals surface area contributed by atoms with Crippen LogP contribution < -0.4 is 15.5 Å². The van der Waals surface area contributed by atoms with Gasteiger partial charge in [0.05, 0.1) is 6.54 Å². The minimum Gasteiger partial charge on any atom is -0.347 e. The second-order valence-electron chi connectivity index (χ2n) is 6.53. The van der Waals surface area contributed by atoms with E-state index in [9.17, 15) is 4.79 Å². The molecule has 0 aliphatic heterocycles. The maximum absolute atomic E-state index is 12.3. The molecule has 0 atom stereocenters. The lowest BCUT2D eigenvalue weighted by Crippen LogP contribution is -2.24. The molecule has 0 fully saturated rings. The van der Waals surface area contributed by atoms with Gasteiger partial charge in [0.15, 0.2) is 0 Å². The Morgan fingerprint density at radius 1 is 1.12 bits per heavy atom. The molecule has 0 aliphatic rings. The molecule has 2 rings (SSSR count). The summed E-state index contributed by atoms with van der Waals surface area (Å²) >= 11 is 0. The molecule has 0 aliphatic carbocycles. The van der Waals surface area contributed by atoms with E-state index in [4.69, 9.17) is 0 Å². The predicted octanol–water partition coefficient (Wildman–Crippen LogP) is 2.73. The molecule has 25 heavy (non-hydrogen) atoms. The zero-order chi connectivity index (χ0) is 18.6. The normalized spacial score (nSPS) is 10.7. The fraction of sp³-hybridized carbons (Fsp3) is 0.444. The average Bonchev–Trinajstić information content (AvgIpc) is 2.56. The monoisotopic (exact) mass is 342 g/mol. The Bertz CT molecular complexity index is 711. The highest BCUT2D eigenvalue weighted by atomic mass is 16.1. The number of hydrogen-bond acceptors (Lipinski definition) is 6. The molecule has 0 spiro atoms. The van der Waals surface area contributed by atoms with Crippen molar-refractivity contribution in [2.24, 2.45) is 0 Å². The third kappa shape index (κ3) is 4.89. The molecule has 0 saturated heterocycles. The van der Waals surface area contributed by atoms with Crippen LogP contribution >= 0.6 is 0 Å². The van der Waals surface area contributed by atoms with Crippen LogP contribution in [-0.4, -0.2) is 41.5 Å². The number of nitrogens with zero attached hydrogens (tertiary/aromatic N) is 4. The van der Waals surface area contributed by atoms with Gasteiger partial charge in [-0.2, -0.15) is 15.0 Å². The summed E-state index contributed by atoms with van der Waals surface area (Å²) in [5.74, 6) is 1.69. The lowest BCUT2D eigenvalue weighted by atomic mass is 10.1. The summed E-state index contributed by atoms with van der Waals surface area (Å²) in [5, 5.41) is 5.93. The van der Waals surface area contributed by atoms with Crippen LogP contribution in [0.5, 0.6) is 0 Å². The van der Waals surface area contributed by atoms with Crippen molar-refractivity contribution >= 4 is 23.5 Å². The number of rotatable bonds is 6. The molecule has 0 bridgehead atoms. The van der Waals surface area contributed by atoms with Crippen molar-refractivity contribution < 1.29 is 4.79 Å². The fourth-order valence-corrected chi connectivity index (χ4v) is 2.27. The topological polar surface area (TPSA) is 83.0 Å². The third-order valence-corrected chi connectivity index (χ3v) is 3.71. The molecule has 0 unspecified atom stereocenters. The second-order valence-corrected chi connectivity index (χ2v) is 6.53. The van der Waals surface area contributed by atoms with E-state index in [1.807, 2.05) is 64.9 Å². The number of anilines is 3. The van der Waals surface area contributed by atoms with Crippen LogP contribution in [0.1, 0.15) is 36.7 Å². The van der Waals surface area contributed by atoms with Gasteiger partial charge in [0.25, 0.3) is 0 Å². The van der Waals surface area contributed by atoms with Crippen LogP contribution in [0, 0.1) is 13.8 Å². The summed E-state index contributed by atoms with van der Waals surface area (Å²) in [6, 6.07) is 5.92. The van der Waals surface area contributed by atoms with E-state index in [0.29, 0.717) is 17.7 Å². The van der Waals surface area contributed by atoms with Crippen molar-refractivity contribution in [2.45, 2.75) is 33.6 Å². The minimum absolute atomic E-state index is 0.0855. The largest absolute Gasteiger partial charge is 0.347 e. The summed E-state index contributed by atoms with van der Waals surface area (Å²) in [5.41, 5.74) is 2.91. The highest BCUT2D eigenvalue weighted by molar-refractivity contribution is 5.94. The summed E-state index contributed by atoms with van der Waals surface area (Å²) in [4.78, 5) is 27.2. The molecule has 2 aromatic rings. The molecule has 2 N–H and O–H groups in total. The molecule has 134 valence electrons. The standard InChI is InChI=1S/C18H26N6O/c1-11(2)16-21-17(23-18(22-16)24(5)6)19-10-14(25)20-15-12(3)8-7-9-13(15)4/h7-9,11H,10H2,1-6H3,(H,20,25)(H,19,21,22,23). The van der Waals surface area contributed by atoms with Gasteiger partial charge in [0.2, 0.25) is 17.8 Å². The summed E-state index contributed by atoms with van der Waals surface area (Å²) < 4.78 is 0. The van der Waals surface area contributed by atoms with Crippen LogP contribution in [0.3, 0.4) is 0 Å². The van der Waals surface area contributed by atoms with E-state index in [1.165, 1.54) is 0 Å². The Morgan fingerprint density at radius 3 is 2.32 bits per heavy atom. The van der Waals surface area contributed by atoms with Gasteiger partial charge < -0.3 is 15.5 Å². The van der Waals surface area contributed by atoms with E-state index >= 15 is 0 Å². The fourth-order valence-electron chi connectivity index (χ4n) is 2.27. The molecular formula is C18H26N6O. The predicted molar refractivity (Wildman–Crippen MR) is 101 cm³/mol. The van der Waals surface area contributed by atoms with Crippen molar-refractivity contribution in [1.29, 1.82) is 0 Å². The van der Waals surface area contributed by atoms with E-state index in [2.05, 4.69) is 25.6 Å². The number of carbonyl (C=O) groups is 1. The first kappa shape index (κ1) is 18.6. The molecule has 0 radical (unpaired) electrons. The van der Waals surface area contributed by atoms with Crippen molar-refractivity contribution in [3.05, 3.63) is 35.2 Å². The van der Waals surface area contributed by atoms with Crippen molar-refractivity contribution in [1.82, 2.24) is 15.0 Å². The number of hydrogen-bond donors (Lipinski definition) is 2. The molecule has 1 aromatic carbocycles. The number of aromatic nitrogens is 3. The van der Waals surface area contributed by atoms with Crippen molar-refractivity contribution in [3.63, 3.8) is 0 Å². The van der Waals surface area contributed by atoms with E-state index in [-0.39, 0.29) is 18.4 Å². The molecular weight excluding hydrogens is 316 g/mol. The average molecular weight is 342 g/mol. The van der Waals surface area contributed by atoms with Gasteiger partial charge in [-0.25, -0.2) is 0 Å². The maximum atomic E-state index is 12.3. The smallest absolute Gasteiger partial charge is 0.243 e. The Balaban J connectivity index is 2.09. The van der Waals surface area contributed by atoms with Crippen LogP contribution in [0.15, 0.2) is 18.2 Å². The lowest BCUT2D eigenvalue weighted by molar-refractivity contribution is -0.114. The van der Waals surface area contributed by atoms with E-state index < -0.39 is 0 Å². The number of nitrogens with one attached hydrogen (secondary N) is 2. The summed E-state index contributed by atoms with van der Waals surface area (Å²) in [7, 11) is 3.74. The van der Waals surface area contributed by atoms with Crippen molar-refractivity contribution in [3.8, 4) is 0 Å². The SMILES string of the molecule is Cc1cccc(C)c1NC(=O)CNc1nc(C(C)C)nc(N(C)C)n1. The first-order chi connectivity index (χ1) is 11.8. The first-order valence-corrected chi connectivity index (χ1v) is 8.31. The van der Waals surface area contributed by atoms with Gasteiger partial charge in [-0.1, -0.05) is 32.0 Å². The minimum atomic E-state index is -0.143. The number of para-hydroxylation sites is 1. The Morgan fingerprint density at radius 2 is 1.76 bits per heavy atom. The van der Waals surface area contributed by atoms with Gasteiger partial charge in [-0.15, -0.1) is 0 Å². The lowest BCUT2D eigenvalue weighted by Gasteiger charge is -2.15. The zero-order valence-electron chi connectivity index (χ0n) is 15.7. The highest BCUT2D eigenvalue weighted by Gasteiger charge is 2.12. The molecule has 1 aromatic heterocycles. The van der Waals surface area contributed by atoms with Crippen LogP contribution in [-0.2, 0) is 4.79 Å². The molecule has 7 heteroatoms. The zero-order valence-corrected chi connectivity index (χ0v) is 15.7. The second kappa shape index (κ2) is 7.92. The Labute approximate surface area is 148 Å². The maximum Gasteiger partial charge on any atom is 0.243 e. The van der Waals surface area contributed by atoms with Gasteiger partial charge >= 0.3 is 0 Å². The number of amides is 1. The van der Waals surface area contributed by atoms with Crippen molar-refractivity contribution in [2.75, 3.05) is 36.2 Å². The van der Waals surface area contributed by atoms with Crippen LogP contribution in [0.2, 0.25) is 0 Å². The molecule has 0 saturated carbocycles. The summed E-state index contributed by atoms with van der Waals surface area (Å²) in [6.07, 6.45) is 0.